The van der Waals surface area contributed by atoms with E-state index < -0.39 is 24.9 Å². The van der Waals surface area contributed by atoms with Gasteiger partial charge in [-0.25, -0.2) is 0 Å². The van der Waals surface area contributed by atoms with Crippen molar-refractivity contribution in [3.05, 3.63) is 48.0 Å². The Bertz CT molecular complexity index is 811. The third kappa shape index (κ3) is 4.23. The van der Waals surface area contributed by atoms with E-state index >= 15 is 0 Å². The molecular formula is C20H20F3NO2. The Morgan fingerprint density at radius 3 is 2.58 bits per heavy atom. The van der Waals surface area contributed by atoms with Crippen LogP contribution in [0.5, 0.6) is 0 Å². The Morgan fingerprint density at radius 1 is 1.08 bits per heavy atom. The van der Waals surface area contributed by atoms with E-state index in [0.29, 0.717) is 24.9 Å². The van der Waals surface area contributed by atoms with Crippen LogP contribution in [-0.2, 0) is 4.79 Å². The summed E-state index contributed by atoms with van der Waals surface area (Å²) in [4.78, 5) is 26.5. The Morgan fingerprint density at radius 2 is 1.81 bits per heavy atom. The van der Waals surface area contributed by atoms with Crippen LogP contribution in [0.2, 0.25) is 0 Å². The molecule has 1 saturated heterocycles. The molecule has 2 aromatic carbocycles. The van der Waals surface area contributed by atoms with Crippen molar-refractivity contribution < 1.29 is 22.8 Å². The van der Waals surface area contributed by atoms with E-state index in [0.717, 1.165) is 10.8 Å². The lowest BCUT2D eigenvalue weighted by Crippen LogP contribution is -2.42. The molecule has 1 aliphatic heterocycles. The lowest BCUT2D eigenvalue weighted by molar-refractivity contribution is -0.149. The third-order valence-electron chi connectivity index (χ3n) is 4.82. The fourth-order valence-electron chi connectivity index (χ4n) is 3.48. The van der Waals surface area contributed by atoms with Crippen molar-refractivity contribution in [2.45, 2.75) is 31.9 Å². The van der Waals surface area contributed by atoms with E-state index in [9.17, 15) is 22.8 Å². The first-order valence-electron chi connectivity index (χ1n) is 8.71. The topological polar surface area (TPSA) is 37.4 Å². The Kier molecular flexibility index (Phi) is 5.30. The van der Waals surface area contributed by atoms with Crippen LogP contribution in [-0.4, -0.2) is 35.9 Å². The van der Waals surface area contributed by atoms with Gasteiger partial charge >= 0.3 is 6.18 Å². The minimum atomic E-state index is -4.34. The fraction of sp³-hybridized carbons (Fsp3) is 0.400. The van der Waals surface area contributed by atoms with Crippen molar-refractivity contribution in [3.8, 4) is 0 Å². The molecule has 26 heavy (non-hydrogen) atoms. The molecule has 0 unspecified atom stereocenters. The number of amides is 1. The number of halogens is 3. The lowest BCUT2D eigenvalue weighted by atomic mass is 9.88. The number of Topliss-reactive ketones (excluding diaryl/α,β-unsaturated/α-hetero) is 1. The summed E-state index contributed by atoms with van der Waals surface area (Å²) in [6.45, 7) is 0.606. The second kappa shape index (κ2) is 7.48. The van der Waals surface area contributed by atoms with E-state index in [2.05, 4.69) is 0 Å². The van der Waals surface area contributed by atoms with Crippen LogP contribution in [0.4, 0.5) is 13.2 Å². The molecule has 1 atom stereocenters. The van der Waals surface area contributed by atoms with Crippen molar-refractivity contribution in [2.75, 3.05) is 13.1 Å². The molecule has 0 saturated carbocycles. The predicted octanol–water partition coefficient (Wildman–Crippen LogP) is 4.60. The van der Waals surface area contributed by atoms with E-state index in [1.165, 1.54) is 4.90 Å². The minimum Gasteiger partial charge on any atom is -0.342 e. The Balaban J connectivity index is 1.73. The predicted molar refractivity (Wildman–Crippen MR) is 92.9 cm³/mol. The van der Waals surface area contributed by atoms with Crippen LogP contribution in [0.15, 0.2) is 42.5 Å². The molecule has 3 rings (SSSR count). The van der Waals surface area contributed by atoms with Crippen LogP contribution in [0.3, 0.4) is 0 Å². The molecule has 6 heteroatoms. The van der Waals surface area contributed by atoms with E-state index in [1.54, 1.807) is 6.07 Å². The number of alkyl halides is 3. The van der Waals surface area contributed by atoms with E-state index in [1.807, 2.05) is 36.4 Å². The molecule has 1 aliphatic rings. The lowest BCUT2D eigenvalue weighted by Gasteiger charge is -2.32. The third-order valence-corrected chi connectivity index (χ3v) is 4.82. The first kappa shape index (κ1) is 18.4. The van der Waals surface area contributed by atoms with Crippen LogP contribution >= 0.6 is 0 Å². The van der Waals surface area contributed by atoms with Gasteiger partial charge in [-0.3, -0.25) is 9.59 Å². The second-order valence-electron chi connectivity index (χ2n) is 6.69. The summed E-state index contributed by atoms with van der Waals surface area (Å²) >= 11 is 0. The standard InChI is InChI=1S/C20H20F3NO2/c21-20(22,23)11-10-18(25)24-12-4-7-15(13-24)19(26)17-9-3-6-14-5-1-2-8-16(14)17/h1-3,5-6,8-9,15H,4,7,10-13H2/t15-/m0/s1. The summed E-state index contributed by atoms with van der Waals surface area (Å²) in [6, 6.07) is 13.1. The summed E-state index contributed by atoms with van der Waals surface area (Å²) in [5.74, 6) is -0.947. The average molecular weight is 363 g/mol. The van der Waals surface area contributed by atoms with Gasteiger partial charge in [-0.1, -0.05) is 42.5 Å². The monoisotopic (exact) mass is 363 g/mol. The summed E-state index contributed by atoms with van der Waals surface area (Å²) in [7, 11) is 0. The number of piperidine rings is 1. The molecule has 0 bridgehead atoms. The van der Waals surface area contributed by atoms with Gasteiger partial charge in [0.2, 0.25) is 5.91 Å². The molecular weight excluding hydrogens is 343 g/mol. The number of fused-ring (bicyclic) bond motifs is 1. The molecule has 1 heterocycles. The molecule has 0 radical (unpaired) electrons. The summed E-state index contributed by atoms with van der Waals surface area (Å²) < 4.78 is 37.0. The summed E-state index contributed by atoms with van der Waals surface area (Å²) in [6.07, 6.45) is -4.75. The van der Waals surface area contributed by atoms with Gasteiger partial charge in [-0.2, -0.15) is 13.2 Å². The van der Waals surface area contributed by atoms with Gasteiger partial charge in [0, 0.05) is 31.0 Å². The van der Waals surface area contributed by atoms with Crippen molar-refractivity contribution >= 4 is 22.5 Å². The number of rotatable bonds is 4. The van der Waals surface area contributed by atoms with Crippen LogP contribution in [0.1, 0.15) is 36.0 Å². The van der Waals surface area contributed by atoms with Gasteiger partial charge in [0.1, 0.15) is 0 Å². The van der Waals surface area contributed by atoms with Crippen molar-refractivity contribution in [2.24, 2.45) is 5.92 Å². The Labute approximate surface area is 149 Å². The second-order valence-corrected chi connectivity index (χ2v) is 6.69. The number of carbonyl (C=O) groups is 2. The van der Waals surface area contributed by atoms with Crippen molar-refractivity contribution in [1.82, 2.24) is 4.90 Å². The first-order valence-corrected chi connectivity index (χ1v) is 8.71. The normalized spacial score (nSPS) is 18.1. The molecule has 0 aliphatic carbocycles. The quantitative estimate of drug-likeness (QED) is 0.745. The molecule has 0 spiro atoms. The van der Waals surface area contributed by atoms with Gasteiger partial charge in [-0.05, 0) is 23.6 Å². The Hall–Kier alpha value is -2.37. The van der Waals surface area contributed by atoms with Gasteiger partial charge in [0.25, 0.3) is 0 Å². The highest BCUT2D eigenvalue weighted by atomic mass is 19.4. The first-order chi connectivity index (χ1) is 12.3. The number of hydrogen-bond acceptors (Lipinski definition) is 2. The van der Waals surface area contributed by atoms with Gasteiger partial charge in [0.15, 0.2) is 5.78 Å². The molecule has 0 aromatic heterocycles. The van der Waals surface area contributed by atoms with Crippen molar-refractivity contribution in [3.63, 3.8) is 0 Å². The zero-order chi connectivity index (χ0) is 18.7. The maximum absolute atomic E-state index is 13.0. The number of benzene rings is 2. The molecule has 138 valence electrons. The maximum atomic E-state index is 13.0. The smallest absolute Gasteiger partial charge is 0.342 e. The van der Waals surface area contributed by atoms with Crippen LogP contribution in [0, 0.1) is 5.92 Å². The SMILES string of the molecule is O=C(c1cccc2ccccc12)[C@H]1CCCN(C(=O)CCC(F)(F)F)C1. The molecule has 0 N–H and O–H groups in total. The van der Waals surface area contributed by atoms with E-state index in [-0.39, 0.29) is 18.2 Å². The molecule has 1 amide bonds. The summed E-state index contributed by atoms with van der Waals surface area (Å²) in [5, 5.41) is 1.83. The van der Waals surface area contributed by atoms with Crippen LogP contribution < -0.4 is 0 Å². The number of nitrogens with zero attached hydrogens (tertiary/aromatic N) is 1. The average Bonchev–Trinajstić information content (AvgIpc) is 2.64. The fourth-order valence-corrected chi connectivity index (χ4v) is 3.48. The summed E-state index contributed by atoms with van der Waals surface area (Å²) in [5.41, 5.74) is 0.609. The number of hydrogen-bond donors (Lipinski definition) is 0. The minimum absolute atomic E-state index is 0.0462. The molecule has 3 nitrogen and oxygen atoms in total. The van der Waals surface area contributed by atoms with Gasteiger partial charge in [0.05, 0.1) is 6.42 Å². The van der Waals surface area contributed by atoms with Crippen molar-refractivity contribution in [1.29, 1.82) is 0 Å². The number of carbonyl (C=O) groups excluding carboxylic acids is 2. The zero-order valence-corrected chi connectivity index (χ0v) is 14.3. The highest BCUT2D eigenvalue weighted by Crippen LogP contribution is 2.27. The number of ketones is 1. The van der Waals surface area contributed by atoms with Gasteiger partial charge in [-0.15, -0.1) is 0 Å². The zero-order valence-electron chi connectivity index (χ0n) is 14.3. The maximum Gasteiger partial charge on any atom is 0.389 e. The van der Waals surface area contributed by atoms with Crippen LogP contribution in [0.25, 0.3) is 10.8 Å². The highest BCUT2D eigenvalue weighted by molar-refractivity contribution is 6.09. The van der Waals surface area contributed by atoms with E-state index in [4.69, 9.17) is 0 Å². The molecule has 2 aromatic rings. The van der Waals surface area contributed by atoms with Gasteiger partial charge < -0.3 is 4.90 Å². The highest BCUT2D eigenvalue weighted by Gasteiger charge is 2.32. The molecule has 1 fully saturated rings. The largest absolute Gasteiger partial charge is 0.389 e. The number of likely N-dealkylation sites (tertiary alicyclic amines) is 1.